The van der Waals surface area contributed by atoms with Crippen LogP contribution in [0, 0.1) is 0 Å². The molecule has 0 radical (unpaired) electrons. The van der Waals surface area contributed by atoms with Gasteiger partial charge < -0.3 is 4.98 Å². The molecule has 6 nitrogen and oxygen atoms in total. The highest BCUT2D eigenvalue weighted by Gasteiger charge is 2.14. The number of aromatic amines is 2. The average molecular weight is 267 g/mol. The van der Waals surface area contributed by atoms with E-state index in [9.17, 15) is 4.79 Å². The van der Waals surface area contributed by atoms with Gasteiger partial charge in [-0.25, -0.2) is 9.97 Å². The van der Waals surface area contributed by atoms with Gasteiger partial charge in [0, 0.05) is 0 Å². The van der Waals surface area contributed by atoms with Crippen LogP contribution < -0.4 is 5.56 Å². The molecule has 20 heavy (non-hydrogen) atoms. The molecule has 100 valence electrons. The Hall–Kier alpha value is -2.50. The maximum Gasteiger partial charge on any atom is 0.259 e. The number of nitrogens with zero attached hydrogens (tertiary/aromatic N) is 3. The molecule has 2 aromatic heterocycles. The van der Waals surface area contributed by atoms with E-state index in [-0.39, 0.29) is 5.56 Å². The van der Waals surface area contributed by atoms with Gasteiger partial charge in [-0.05, 0) is 48.9 Å². The Bertz CT molecular complexity index is 835. The summed E-state index contributed by atoms with van der Waals surface area (Å²) >= 11 is 0. The third-order valence-corrected chi connectivity index (χ3v) is 3.81. The van der Waals surface area contributed by atoms with Crippen molar-refractivity contribution in [1.82, 2.24) is 25.1 Å². The summed E-state index contributed by atoms with van der Waals surface area (Å²) in [4.78, 5) is 23.5. The summed E-state index contributed by atoms with van der Waals surface area (Å²) in [7, 11) is 0. The fraction of sp³-hybridized carbons (Fsp3) is 0.286. The van der Waals surface area contributed by atoms with Crippen LogP contribution in [0.15, 0.2) is 23.3 Å². The van der Waals surface area contributed by atoms with Crippen LogP contribution >= 0.6 is 0 Å². The summed E-state index contributed by atoms with van der Waals surface area (Å²) in [5.41, 5.74) is 3.18. The first-order chi connectivity index (χ1) is 9.81. The van der Waals surface area contributed by atoms with E-state index in [0.29, 0.717) is 17.0 Å². The Morgan fingerprint density at radius 1 is 1.05 bits per heavy atom. The summed E-state index contributed by atoms with van der Waals surface area (Å²) in [6.45, 7) is 0. The summed E-state index contributed by atoms with van der Waals surface area (Å²) in [5, 5.41) is 7.14. The van der Waals surface area contributed by atoms with Gasteiger partial charge >= 0.3 is 0 Å². The highest BCUT2D eigenvalue weighted by atomic mass is 16.1. The van der Waals surface area contributed by atoms with Crippen LogP contribution in [-0.4, -0.2) is 25.1 Å². The topological polar surface area (TPSA) is 87.3 Å². The number of H-pyrrole nitrogens is 2. The number of hydrogen-bond donors (Lipinski definition) is 2. The largest absolute Gasteiger partial charge is 0.303 e. The van der Waals surface area contributed by atoms with Gasteiger partial charge in [-0.2, -0.15) is 5.10 Å². The minimum absolute atomic E-state index is 0.130. The molecule has 6 heteroatoms. The van der Waals surface area contributed by atoms with E-state index in [4.69, 9.17) is 0 Å². The molecule has 3 aromatic rings. The van der Waals surface area contributed by atoms with Crippen LogP contribution in [0.25, 0.3) is 22.6 Å². The standard InChI is InChI=1S/C14H13N5O/c20-14-10-5-8-3-1-2-4-9(8)6-11(10)17-13(18-14)12-15-7-16-19-12/h5-7H,1-4H2,(H,15,16,19)(H,17,18,20). The Balaban J connectivity index is 1.98. The van der Waals surface area contributed by atoms with Crippen LogP contribution in [0.5, 0.6) is 0 Å². The number of nitrogens with one attached hydrogen (secondary N) is 2. The van der Waals surface area contributed by atoms with Gasteiger partial charge in [-0.1, -0.05) is 0 Å². The zero-order chi connectivity index (χ0) is 13.5. The molecule has 0 spiro atoms. The molecule has 1 aliphatic rings. The van der Waals surface area contributed by atoms with Gasteiger partial charge in [0.25, 0.3) is 5.56 Å². The number of fused-ring (bicyclic) bond motifs is 2. The van der Waals surface area contributed by atoms with Gasteiger partial charge in [-0.3, -0.25) is 9.89 Å². The molecule has 2 N–H and O–H groups in total. The predicted molar refractivity (Wildman–Crippen MR) is 74.4 cm³/mol. The van der Waals surface area contributed by atoms with E-state index in [1.165, 1.54) is 30.3 Å². The highest BCUT2D eigenvalue weighted by Crippen LogP contribution is 2.24. The van der Waals surface area contributed by atoms with E-state index < -0.39 is 0 Å². The van der Waals surface area contributed by atoms with Gasteiger partial charge in [0.15, 0.2) is 11.6 Å². The second-order valence-corrected chi connectivity index (χ2v) is 5.09. The normalized spacial score (nSPS) is 14.4. The number of aryl methyl sites for hydroxylation is 2. The average Bonchev–Trinajstić information content (AvgIpc) is 2.99. The van der Waals surface area contributed by atoms with Crippen molar-refractivity contribution in [2.24, 2.45) is 0 Å². The fourth-order valence-electron chi connectivity index (χ4n) is 2.80. The van der Waals surface area contributed by atoms with Crippen molar-refractivity contribution in [1.29, 1.82) is 0 Å². The van der Waals surface area contributed by atoms with Crippen molar-refractivity contribution in [3.63, 3.8) is 0 Å². The molecule has 2 heterocycles. The Labute approximate surface area is 114 Å². The Kier molecular flexibility index (Phi) is 2.42. The van der Waals surface area contributed by atoms with Crippen LogP contribution in [0.3, 0.4) is 0 Å². The maximum absolute atomic E-state index is 12.2. The SMILES string of the molecule is O=c1[nH]c(-c2ncn[nH]2)nc2cc3c(cc12)CCCC3. The minimum atomic E-state index is -0.130. The fourth-order valence-corrected chi connectivity index (χ4v) is 2.80. The Morgan fingerprint density at radius 2 is 1.85 bits per heavy atom. The van der Waals surface area contributed by atoms with Crippen molar-refractivity contribution in [2.45, 2.75) is 25.7 Å². The number of rotatable bonds is 1. The summed E-state index contributed by atoms with van der Waals surface area (Å²) in [6.07, 6.45) is 5.91. The lowest BCUT2D eigenvalue weighted by Crippen LogP contribution is -2.12. The van der Waals surface area contributed by atoms with Crippen molar-refractivity contribution in [3.8, 4) is 11.6 Å². The van der Waals surface area contributed by atoms with Gasteiger partial charge in [0.2, 0.25) is 0 Å². The van der Waals surface area contributed by atoms with Crippen LogP contribution in [0.4, 0.5) is 0 Å². The van der Waals surface area contributed by atoms with E-state index >= 15 is 0 Å². The van der Waals surface area contributed by atoms with Crippen LogP contribution in [-0.2, 0) is 12.8 Å². The third-order valence-electron chi connectivity index (χ3n) is 3.81. The lowest BCUT2D eigenvalue weighted by atomic mass is 9.90. The Morgan fingerprint density at radius 3 is 2.60 bits per heavy atom. The molecule has 0 atom stereocenters. The summed E-state index contributed by atoms with van der Waals surface area (Å²) in [6, 6.07) is 4.03. The summed E-state index contributed by atoms with van der Waals surface area (Å²) < 4.78 is 0. The number of hydrogen-bond acceptors (Lipinski definition) is 4. The zero-order valence-corrected chi connectivity index (χ0v) is 10.8. The molecule has 1 aliphatic carbocycles. The molecule has 0 aliphatic heterocycles. The van der Waals surface area contributed by atoms with E-state index in [1.54, 1.807) is 0 Å². The van der Waals surface area contributed by atoms with Gasteiger partial charge in [0.1, 0.15) is 6.33 Å². The second-order valence-electron chi connectivity index (χ2n) is 5.09. The summed E-state index contributed by atoms with van der Waals surface area (Å²) in [5.74, 6) is 0.900. The van der Waals surface area contributed by atoms with Crippen molar-refractivity contribution in [3.05, 3.63) is 39.9 Å². The van der Waals surface area contributed by atoms with Crippen LogP contribution in [0.2, 0.25) is 0 Å². The maximum atomic E-state index is 12.2. The molecule has 0 fully saturated rings. The van der Waals surface area contributed by atoms with Crippen LogP contribution in [0.1, 0.15) is 24.0 Å². The molecular formula is C14H13N5O. The molecule has 0 unspecified atom stereocenters. The molecule has 0 saturated heterocycles. The van der Waals surface area contributed by atoms with Crippen molar-refractivity contribution in [2.75, 3.05) is 0 Å². The molecule has 0 bridgehead atoms. The molecule has 0 saturated carbocycles. The molecular weight excluding hydrogens is 254 g/mol. The van der Waals surface area contributed by atoms with E-state index in [2.05, 4.69) is 25.1 Å². The first-order valence-corrected chi connectivity index (χ1v) is 6.73. The van der Waals surface area contributed by atoms with Crippen molar-refractivity contribution < 1.29 is 0 Å². The quantitative estimate of drug-likeness (QED) is 0.700. The number of aromatic nitrogens is 5. The molecule has 0 amide bonds. The smallest absolute Gasteiger partial charge is 0.259 e. The van der Waals surface area contributed by atoms with E-state index in [0.717, 1.165) is 18.4 Å². The first-order valence-electron chi connectivity index (χ1n) is 6.73. The number of benzene rings is 1. The van der Waals surface area contributed by atoms with Gasteiger partial charge in [0.05, 0.1) is 10.9 Å². The highest BCUT2D eigenvalue weighted by molar-refractivity contribution is 5.80. The first kappa shape index (κ1) is 11.3. The lowest BCUT2D eigenvalue weighted by Gasteiger charge is -2.15. The zero-order valence-electron chi connectivity index (χ0n) is 10.8. The van der Waals surface area contributed by atoms with Crippen molar-refractivity contribution >= 4 is 10.9 Å². The minimum Gasteiger partial charge on any atom is -0.303 e. The molecule has 1 aromatic carbocycles. The second kappa shape index (κ2) is 4.26. The third kappa shape index (κ3) is 1.72. The lowest BCUT2D eigenvalue weighted by molar-refractivity contribution is 0.687. The predicted octanol–water partition coefficient (Wildman–Crippen LogP) is 1.59. The molecule has 4 rings (SSSR count). The van der Waals surface area contributed by atoms with E-state index in [1.807, 2.05) is 12.1 Å². The van der Waals surface area contributed by atoms with Gasteiger partial charge in [-0.15, -0.1) is 0 Å². The monoisotopic (exact) mass is 267 g/mol.